The molecular formula is C14H12ClN. The average molecular weight is 230 g/mol. The molecule has 2 aromatic carbocycles. The van der Waals surface area contributed by atoms with E-state index in [0.717, 1.165) is 17.1 Å². The minimum absolute atomic E-state index is 0.799. The largest absolute Gasteiger partial charge is 0.388 e. The maximum absolute atomic E-state index is 6.06. The molecule has 3 rings (SSSR count). The summed E-state index contributed by atoms with van der Waals surface area (Å²) in [7, 11) is 1.95. The number of halogens is 1. The molecular weight excluding hydrogens is 218 g/mol. The standard InChI is InChI=1S/C14H12ClN/c1-16-14-5-2-9-6-10-3-4-11(15)8-12(10)13(14)7-9/h2-5,7-8,16H,6H2,1H3. The molecule has 1 aliphatic carbocycles. The lowest BCUT2D eigenvalue weighted by Gasteiger charge is -2.20. The van der Waals surface area contributed by atoms with Gasteiger partial charge in [-0.1, -0.05) is 23.7 Å². The van der Waals surface area contributed by atoms with Crippen LogP contribution in [0.4, 0.5) is 5.69 Å². The van der Waals surface area contributed by atoms with E-state index in [9.17, 15) is 0 Å². The molecule has 0 spiro atoms. The van der Waals surface area contributed by atoms with E-state index >= 15 is 0 Å². The van der Waals surface area contributed by atoms with E-state index in [0.29, 0.717) is 0 Å². The van der Waals surface area contributed by atoms with Gasteiger partial charge in [-0.15, -0.1) is 0 Å². The molecule has 2 aromatic rings. The van der Waals surface area contributed by atoms with Crippen LogP contribution in [-0.4, -0.2) is 7.05 Å². The van der Waals surface area contributed by atoms with Gasteiger partial charge in [0.15, 0.2) is 0 Å². The van der Waals surface area contributed by atoms with Crippen molar-refractivity contribution in [3.05, 3.63) is 52.5 Å². The molecule has 2 bridgehead atoms. The number of anilines is 1. The van der Waals surface area contributed by atoms with E-state index in [1.807, 2.05) is 13.1 Å². The third-order valence-electron chi connectivity index (χ3n) is 3.11. The van der Waals surface area contributed by atoms with E-state index < -0.39 is 0 Å². The summed E-state index contributed by atoms with van der Waals surface area (Å²) in [6, 6.07) is 12.7. The quantitative estimate of drug-likeness (QED) is 0.666. The minimum Gasteiger partial charge on any atom is -0.388 e. The molecule has 0 unspecified atom stereocenters. The summed E-state index contributed by atoms with van der Waals surface area (Å²) in [5.41, 5.74) is 6.39. The number of hydrogen-bond acceptors (Lipinski definition) is 1. The lowest BCUT2D eigenvalue weighted by atomic mass is 9.87. The molecule has 0 aliphatic heterocycles. The Hall–Kier alpha value is -1.47. The van der Waals surface area contributed by atoms with Gasteiger partial charge in [0.25, 0.3) is 0 Å². The predicted molar refractivity (Wildman–Crippen MR) is 69.2 cm³/mol. The number of nitrogens with one attached hydrogen (secondary N) is 1. The molecule has 0 heterocycles. The van der Waals surface area contributed by atoms with Crippen molar-refractivity contribution in [1.82, 2.24) is 0 Å². The zero-order valence-corrected chi connectivity index (χ0v) is 9.81. The summed E-state index contributed by atoms with van der Waals surface area (Å²) in [4.78, 5) is 0. The first-order chi connectivity index (χ1) is 7.78. The Bertz CT molecular complexity index is 561. The fraction of sp³-hybridized carbons (Fsp3) is 0.143. The van der Waals surface area contributed by atoms with E-state index in [-0.39, 0.29) is 0 Å². The summed E-state index contributed by atoms with van der Waals surface area (Å²) < 4.78 is 0. The van der Waals surface area contributed by atoms with Crippen LogP contribution in [0.5, 0.6) is 0 Å². The normalized spacial score (nSPS) is 12.1. The van der Waals surface area contributed by atoms with E-state index in [1.54, 1.807) is 0 Å². The molecule has 0 saturated carbocycles. The van der Waals surface area contributed by atoms with Crippen LogP contribution in [0.2, 0.25) is 5.02 Å². The molecule has 1 N–H and O–H groups in total. The van der Waals surface area contributed by atoms with Crippen molar-refractivity contribution < 1.29 is 0 Å². The van der Waals surface area contributed by atoms with Gasteiger partial charge in [-0.25, -0.2) is 0 Å². The van der Waals surface area contributed by atoms with Crippen LogP contribution < -0.4 is 5.32 Å². The topological polar surface area (TPSA) is 12.0 Å². The Morgan fingerprint density at radius 2 is 1.94 bits per heavy atom. The number of fused-ring (bicyclic) bond motifs is 4. The second kappa shape index (κ2) is 3.53. The summed E-state index contributed by atoms with van der Waals surface area (Å²) in [5.74, 6) is 0. The van der Waals surface area contributed by atoms with Gasteiger partial charge >= 0.3 is 0 Å². The maximum Gasteiger partial charge on any atom is 0.0417 e. The van der Waals surface area contributed by atoms with Crippen LogP contribution in [0.15, 0.2) is 36.4 Å². The van der Waals surface area contributed by atoms with Gasteiger partial charge in [-0.2, -0.15) is 0 Å². The molecule has 16 heavy (non-hydrogen) atoms. The molecule has 2 heteroatoms. The van der Waals surface area contributed by atoms with Crippen LogP contribution in [-0.2, 0) is 6.42 Å². The number of hydrogen-bond donors (Lipinski definition) is 1. The minimum atomic E-state index is 0.799. The highest BCUT2D eigenvalue weighted by atomic mass is 35.5. The molecule has 80 valence electrons. The van der Waals surface area contributed by atoms with Gasteiger partial charge in [0, 0.05) is 23.3 Å². The van der Waals surface area contributed by atoms with Crippen LogP contribution in [0, 0.1) is 0 Å². The van der Waals surface area contributed by atoms with Gasteiger partial charge < -0.3 is 5.32 Å². The number of rotatable bonds is 1. The second-order valence-corrected chi connectivity index (χ2v) is 4.54. The van der Waals surface area contributed by atoms with Gasteiger partial charge in [0.05, 0.1) is 0 Å². The molecule has 0 radical (unpaired) electrons. The molecule has 0 fully saturated rings. The summed E-state index contributed by atoms with van der Waals surface area (Å²) in [6.07, 6.45) is 1.00. The van der Waals surface area contributed by atoms with Crippen LogP contribution >= 0.6 is 11.6 Å². The van der Waals surface area contributed by atoms with E-state index in [4.69, 9.17) is 11.6 Å². The van der Waals surface area contributed by atoms with E-state index in [1.165, 1.54) is 22.3 Å². The van der Waals surface area contributed by atoms with Crippen molar-refractivity contribution in [2.45, 2.75) is 6.42 Å². The van der Waals surface area contributed by atoms with Crippen molar-refractivity contribution >= 4 is 17.3 Å². The third kappa shape index (κ3) is 1.40. The SMILES string of the molecule is CNc1ccc2cc1-c1cc(Cl)ccc1C2. The second-order valence-electron chi connectivity index (χ2n) is 4.11. The molecule has 0 saturated heterocycles. The zero-order chi connectivity index (χ0) is 11.1. The number of benzene rings is 2. The van der Waals surface area contributed by atoms with Gasteiger partial charge in [-0.3, -0.25) is 0 Å². The highest BCUT2D eigenvalue weighted by molar-refractivity contribution is 6.31. The molecule has 1 nitrogen and oxygen atoms in total. The lowest BCUT2D eigenvalue weighted by molar-refractivity contribution is 1.17. The molecule has 0 amide bonds. The zero-order valence-electron chi connectivity index (χ0n) is 9.05. The highest BCUT2D eigenvalue weighted by Crippen LogP contribution is 2.38. The first-order valence-electron chi connectivity index (χ1n) is 5.37. The maximum atomic E-state index is 6.06. The van der Waals surface area contributed by atoms with Crippen LogP contribution in [0.3, 0.4) is 0 Å². The Kier molecular flexibility index (Phi) is 2.15. The van der Waals surface area contributed by atoms with Crippen molar-refractivity contribution in [2.24, 2.45) is 0 Å². The first-order valence-corrected chi connectivity index (χ1v) is 5.75. The van der Waals surface area contributed by atoms with E-state index in [2.05, 4.69) is 35.6 Å². The summed E-state index contributed by atoms with van der Waals surface area (Å²) in [6.45, 7) is 0. The van der Waals surface area contributed by atoms with Crippen molar-refractivity contribution in [3.63, 3.8) is 0 Å². The van der Waals surface area contributed by atoms with Crippen molar-refractivity contribution in [3.8, 4) is 11.1 Å². The smallest absolute Gasteiger partial charge is 0.0417 e. The fourth-order valence-corrected chi connectivity index (χ4v) is 2.49. The van der Waals surface area contributed by atoms with Crippen LogP contribution in [0.1, 0.15) is 11.1 Å². The Labute approximate surface area is 100 Å². The Morgan fingerprint density at radius 3 is 2.75 bits per heavy atom. The van der Waals surface area contributed by atoms with Crippen molar-refractivity contribution in [1.29, 1.82) is 0 Å². The lowest BCUT2D eigenvalue weighted by Crippen LogP contribution is -2.02. The van der Waals surface area contributed by atoms with Gasteiger partial charge in [0.2, 0.25) is 0 Å². The predicted octanol–water partition coefficient (Wildman–Crippen LogP) is 3.95. The first kappa shape index (κ1) is 9.73. The van der Waals surface area contributed by atoms with Crippen LogP contribution in [0.25, 0.3) is 11.1 Å². The molecule has 0 atom stereocenters. The van der Waals surface area contributed by atoms with Crippen molar-refractivity contribution in [2.75, 3.05) is 12.4 Å². The molecule has 0 aromatic heterocycles. The van der Waals surface area contributed by atoms with Gasteiger partial charge in [-0.05, 0) is 47.4 Å². The average Bonchev–Trinajstić information content (AvgIpc) is 2.31. The monoisotopic (exact) mass is 229 g/mol. The molecule has 1 aliphatic rings. The fourth-order valence-electron chi connectivity index (χ4n) is 2.32. The Balaban J connectivity index is 2.29. The summed E-state index contributed by atoms with van der Waals surface area (Å²) in [5, 5.41) is 4.02. The third-order valence-corrected chi connectivity index (χ3v) is 3.35. The summed E-state index contributed by atoms with van der Waals surface area (Å²) >= 11 is 6.06. The highest BCUT2D eigenvalue weighted by Gasteiger charge is 2.16. The van der Waals surface area contributed by atoms with Gasteiger partial charge in [0.1, 0.15) is 0 Å². The Morgan fingerprint density at radius 1 is 1.06 bits per heavy atom.